The maximum atomic E-state index is 12.5. The third kappa shape index (κ3) is 7.09. The number of rotatable bonds is 7. The van der Waals surface area contributed by atoms with E-state index in [2.05, 4.69) is 16.3 Å². The minimum Gasteiger partial charge on any atom is -0.489 e. The van der Waals surface area contributed by atoms with Crippen molar-refractivity contribution >= 4 is 17.5 Å². The van der Waals surface area contributed by atoms with Crippen LogP contribution in [0.2, 0.25) is 5.02 Å². The Kier molecular flexibility index (Phi) is 8.89. The average molecular weight is 474 g/mol. The van der Waals surface area contributed by atoms with Gasteiger partial charge in [-0.3, -0.25) is 4.79 Å². The molecule has 1 N–H and O–H groups in total. The molecule has 1 aromatic carbocycles. The molecule has 1 aromatic rings. The number of nitrogens with zero attached hydrogens (tertiary/aromatic N) is 2. The summed E-state index contributed by atoms with van der Waals surface area (Å²) < 4.78 is 11.5. The van der Waals surface area contributed by atoms with E-state index < -0.39 is 0 Å². The SMILES string of the molecule is N#Cc1cc(Cl)ccc1OC1CCN(CC[C@H]2CC[C@H](NC(=O)C3CCOCC3)CC2)CC1. The van der Waals surface area contributed by atoms with E-state index in [1.165, 1.54) is 19.3 Å². The molecule has 1 amide bonds. The van der Waals surface area contributed by atoms with Gasteiger partial charge in [-0.15, -0.1) is 0 Å². The second-order valence-electron chi connectivity index (χ2n) is 9.81. The quantitative estimate of drug-likeness (QED) is 0.629. The van der Waals surface area contributed by atoms with Gasteiger partial charge in [-0.2, -0.15) is 5.26 Å². The van der Waals surface area contributed by atoms with Crippen LogP contribution in [0.1, 0.15) is 63.4 Å². The lowest BCUT2D eigenvalue weighted by Gasteiger charge is -2.35. The summed E-state index contributed by atoms with van der Waals surface area (Å²) in [6.07, 6.45) is 9.74. The van der Waals surface area contributed by atoms with E-state index >= 15 is 0 Å². The van der Waals surface area contributed by atoms with Crippen molar-refractivity contribution in [3.05, 3.63) is 28.8 Å². The van der Waals surface area contributed by atoms with E-state index in [-0.39, 0.29) is 17.9 Å². The third-order valence-electron chi connectivity index (χ3n) is 7.53. The van der Waals surface area contributed by atoms with Gasteiger partial charge in [0.05, 0.1) is 5.56 Å². The van der Waals surface area contributed by atoms with Gasteiger partial charge in [0.2, 0.25) is 5.91 Å². The Labute approximate surface area is 202 Å². The van der Waals surface area contributed by atoms with Gasteiger partial charge >= 0.3 is 0 Å². The summed E-state index contributed by atoms with van der Waals surface area (Å²) in [7, 11) is 0. The van der Waals surface area contributed by atoms with E-state index in [4.69, 9.17) is 21.1 Å². The van der Waals surface area contributed by atoms with Crippen molar-refractivity contribution < 1.29 is 14.3 Å². The minimum atomic E-state index is 0.148. The van der Waals surface area contributed by atoms with Gasteiger partial charge in [0.1, 0.15) is 17.9 Å². The highest BCUT2D eigenvalue weighted by molar-refractivity contribution is 6.30. The van der Waals surface area contributed by atoms with Gasteiger partial charge < -0.3 is 19.7 Å². The third-order valence-corrected chi connectivity index (χ3v) is 7.76. The van der Waals surface area contributed by atoms with Gasteiger partial charge in [0.25, 0.3) is 0 Å². The zero-order valence-corrected chi connectivity index (χ0v) is 20.2. The fourth-order valence-corrected chi connectivity index (χ4v) is 5.53. The van der Waals surface area contributed by atoms with Crippen LogP contribution in [0.4, 0.5) is 0 Å². The smallest absolute Gasteiger partial charge is 0.223 e. The number of ether oxygens (including phenoxy) is 2. The van der Waals surface area contributed by atoms with Gasteiger partial charge in [0, 0.05) is 43.3 Å². The molecule has 7 heteroatoms. The van der Waals surface area contributed by atoms with Crippen LogP contribution in [-0.4, -0.2) is 55.8 Å². The molecule has 2 aliphatic heterocycles. The van der Waals surface area contributed by atoms with E-state index in [0.29, 0.717) is 22.4 Å². The Morgan fingerprint density at radius 2 is 1.85 bits per heavy atom. The minimum absolute atomic E-state index is 0.148. The summed E-state index contributed by atoms with van der Waals surface area (Å²) >= 11 is 5.98. The molecular weight excluding hydrogens is 438 g/mol. The molecule has 180 valence electrons. The van der Waals surface area contributed by atoms with Crippen molar-refractivity contribution in [2.75, 3.05) is 32.8 Å². The highest BCUT2D eigenvalue weighted by Gasteiger charge is 2.28. The number of likely N-dealkylation sites (tertiary alicyclic amines) is 1. The van der Waals surface area contributed by atoms with Crippen LogP contribution < -0.4 is 10.1 Å². The van der Waals surface area contributed by atoms with Crippen molar-refractivity contribution in [2.24, 2.45) is 11.8 Å². The Balaban J connectivity index is 1.11. The largest absolute Gasteiger partial charge is 0.489 e. The second kappa shape index (κ2) is 12.1. The first-order valence-corrected chi connectivity index (χ1v) is 13.0. The molecule has 0 aromatic heterocycles. The second-order valence-corrected chi connectivity index (χ2v) is 10.2. The van der Waals surface area contributed by atoms with E-state index in [0.717, 1.165) is 77.3 Å². The fraction of sp³-hybridized carbons (Fsp3) is 0.692. The molecule has 2 heterocycles. The van der Waals surface area contributed by atoms with Crippen LogP contribution in [0.25, 0.3) is 0 Å². The van der Waals surface area contributed by atoms with Crippen LogP contribution >= 0.6 is 11.6 Å². The lowest BCUT2D eigenvalue weighted by Crippen LogP contribution is -2.43. The first-order valence-electron chi connectivity index (χ1n) is 12.6. The molecule has 2 saturated heterocycles. The summed E-state index contributed by atoms with van der Waals surface area (Å²) in [6.45, 7) is 4.65. The molecule has 1 aliphatic carbocycles. The van der Waals surface area contributed by atoms with Crippen molar-refractivity contribution in [1.29, 1.82) is 5.26 Å². The Morgan fingerprint density at radius 1 is 1.12 bits per heavy atom. The number of amides is 1. The first-order chi connectivity index (χ1) is 16.1. The predicted molar refractivity (Wildman–Crippen MR) is 128 cm³/mol. The molecule has 0 spiro atoms. The van der Waals surface area contributed by atoms with Gasteiger partial charge in [-0.25, -0.2) is 0 Å². The Hall–Kier alpha value is -1.81. The highest BCUT2D eigenvalue weighted by Crippen LogP contribution is 2.29. The molecule has 3 aliphatic rings. The standard InChI is InChI=1S/C26H36ClN3O3/c27-22-3-6-25(21(17-22)18-28)33-24-8-13-30(14-9-24)12-7-19-1-4-23(5-2-19)29-26(31)20-10-15-32-16-11-20/h3,6,17,19-20,23-24H,1-2,4-5,7-16H2,(H,29,31)/t19-,23-. The molecule has 33 heavy (non-hydrogen) atoms. The molecule has 1 saturated carbocycles. The number of nitrogens with one attached hydrogen (secondary N) is 1. The fourth-order valence-electron chi connectivity index (χ4n) is 5.36. The number of benzene rings is 1. The zero-order chi connectivity index (χ0) is 23.0. The Bertz CT molecular complexity index is 821. The Morgan fingerprint density at radius 3 is 2.55 bits per heavy atom. The van der Waals surface area contributed by atoms with Gasteiger partial charge in [-0.1, -0.05) is 11.6 Å². The first kappa shape index (κ1) is 24.3. The molecule has 3 fully saturated rings. The van der Waals surface area contributed by atoms with Crippen LogP contribution in [0, 0.1) is 23.2 Å². The van der Waals surface area contributed by atoms with Crippen LogP contribution in [0.3, 0.4) is 0 Å². The van der Waals surface area contributed by atoms with Crippen molar-refractivity contribution in [3.8, 4) is 11.8 Å². The predicted octanol–water partition coefficient (Wildman–Crippen LogP) is 4.55. The summed E-state index contributed by atoms with van der Waals surface area (Å²) in [6, 6.07) is 7.77. The van der Waals surface area contributed by atoms with Crippen LogP contribution in [0.15, 0.2) is 18.2 Å². The van der Waals surface area contributed by atoms with Crippen LogP contribution in [-0.2, 0) is 9.53 Å². The van der Waals surface area contributed by atoms with Crippen LogP contribution in [0.5, 0.6) is 5.75 Å². The molecule has 0 radical (unpaired) electrons. The van der Waals surface area contributed by atoms with E-state index in [9.17, 15) is 10.1 Å². The highest BCUT2D eigenvalue weighted by atomic mass is 35.5. The van der Waals surface area contributed by atoms with Crippen molar-refractivity contribution in [2.45, 2.75) is 69.9 Å². The molecule has 0 atom stereocenters. The molecule has 0 unspecified atom stereocenters. The maximum absolute atomic E-state index is 12.5. The molecular formula is C26H36ClN3O3. The number of halogens is 1. The monoisotopic (exact) mass is 473 g/mol. The normalized spacial score (nSPS) is 25.3. The summed E-state index contributed by atoms with van der Waals surface area (Å²) in [5.41, 5.74) is 0.504. The number of carbonyl (C=O) groups excluding carboxylic acids is 1. The number of carbonyl (C=O) groups is 1. The number of piperidine rings is 1. The summed E-state index contributed by atoms with van der Waals surface area (Å²) in [5, 5.41) is 13.2. The van der Waals surface area contributed by atoms with E-state index in [1.54, 1.807) is 18.2 Å². The summed E-state index contributed by atoms with van der Waals surface area (Å²) in [4.78, 5) is 15.0. The molecule has 6 nitrogen and oxygen atoms in total. The lowest BCUT2D eigenvalue weighted by atomic mass is 9.83. The van der Waals surface area contributed by atoms with Crippen molar-refractivity contribution in [1.82, 2.24) is 10.2 Å². The average Bonchev–Trinajstić information content (AvgIpc) is 2.86. The summed E-state index contributed by atoms with van der Waals surface area (Å²) in [5.74, 6) is 1.80. The molecule has 0 bridgehead atoms. The van der Waals surface area contributed by atoms with Crippen molar-refractivity contribution in [3.63, 3.8) is 0 Å². The maximum Gasteiger partial charge on any atom is 0.223 e. The number of hydrogen-bond acceptors (Lipinski definition) is 5. The number of nitriles is 1. The van der Waals surface area contributed by atoms with Gasteiger partial charge in [0.15, 0.2) is 0 Å². The zero-order valence-electron chi connectivity index (χ0n) is 19.4. The topological polar surface area (TPSA) is 74.6 Å². The number of hydrogen-bond donors (Lipinski definition) is 1. The lowest BCUT2D eigenvalue weighted by molar-refractivity contribution is -0.128. The molecule has 4 rings (SSSR count). The van der Waals surface area contributed by atoms with Gasteiger partial charge in [-0.05, 0) is 88.4 Å². The van der Waals surface area contributed by atoms with E-state index in [1.807, 2.05) is 0 Å².